The minimum absolute atomic E-state index is 0.0164. The second kappa shape index (κ2) is 8.52. The molecule has 6 rings (SSSR count). The second-order valence-electron chi connectivity index (χ2n) is 10.5. The summed E-state index contributed by atoms with van der Waals surface area (Å²) in [6.45, 7) is 4.11. The fourth-order valence-electron chi connectivity index (χ4n) is 5.16. The maximum absolute atomic E-state index is 13.2. The molecule has 2 heterocycles. The Morgan fingerprint density at radius 2 is 1.78 bits per heavy atom. The monoisotopic (exact) mass is 508 g/mol. The number of hydrogen-bond donors (Lipinski definition) is 2. The Morgan fingerprint density at radius 1 is 1.08 bits per heavy atom. The summed E-state index contributed by atoms with van der Waals surface area (Å²) in [4.78, 5) is 15.0. The lowest BCUT2D eigenvalue weighted by atomic mass is 9.92. The first-order valence-electron chi connectivity index (χ1n) is 12.7. The van der Waals surface area contributed by atoms with Gasteiger partial charge in [0.2, 0.25) is 10.0 Å². The number of nitrogens with two attached hydrogens (primary N) is 1. The fourth-order valence-corrected chi connectivity index (χ4v) is 6.49. The molecule has 3 aromatic rings. The molecule has 1 amide bonds. The average molecular weight is 509 g/mol. The topological polar surface area (TPSA) is 107 Å². The number of fused-ring (bicyclic) bond motifs is 1. The van der Waals surface area contributed by atoms with E-state index < -0.39 is 14.8 Å². The van der Waals surface area contributed by atoms with Crippen LogP contribution in [0.25, 0.3) is 22.2 Å². The first kappa shape index (κ1) is 23.4. The molecule has 3 aliphatic rings. The summed E-state index contributed by atoms with van der Waals surface area (Å²) in [6.07, 6.45) is 4.67. The molecule has 1 aliphatic heterocycles. The number of nitrogens with one attached hydrogen (secondary N) is 1. The molecule has 3 fully saturated rings. The summed E-state index contributed by atoms with van der Waals surface area (Å²) in [5, 5.41) is 0.932. The first-order chi connectivity index (χ1) is 17.3. The maximum atomic E-state index is 13.2. The lowest BCUT2D eigenvalue weighted by Gasteiger charge is -2.30. The van der Waals surface area contributed by atoms with Crippen molar-refractivity contribution < 1.29 is 17.9 Å². The number of carbonyl (C=O) groups is 1. The van der Waals surface area contributed by atoms with Gasteiger partial charge in [0.15, 0.2) is 0 Å². The summed E-state index contributed by atoms with van der Waals surface area (Å²) < 4.78 is 35.0. The molecule has 0 unspecified atom stereocenters. The highest BCUT2D eigenvalue weighted by Crippen LogP contribution is 2.45. The van der Waals surface area contributed by atoms with E-state index >= 15 is 0 Å². The van der Waals surface area contributed by atoms with Crippen LogP contribution < -0.4 is 10.5 Å². The van der Waals surface area contributed by atoms with Gasteiger partial charge in [-0.15, -0.1) is 0 Å². The van der Waals surface area contributed by atoms with Gasteiger partial charge < -0.3 is 19.9 Å². The average Bonchev–Trinajstić information content (AvgIpc) is 3.56. The van der Waals surface area contributed by atoms with Gasteiger partial charge in [-0.3, -0.25) is 9.52 Å². The van der Waals surface area contributed by atoms with E-state index in [-0.39, 0.29) is 5.91 Å². The van der Waals surface area contributed by atoms with E-state index in [0.29, 0.717) is 62.1 Å². The van der Waals surface area contributed by atoms with Gasteiger partial charge in [0, 0.05) is 41.3 Å². The van der Waals surface area contributed by atoms with E-state index in [0.717, 1.165) is 41.4 Å². The van der Waals surface area contributed by atoms with Crippen LogP contribution in [0, 0.1) is 0 Å². The Balaban J connectivity index is 1.38. The van der Waals surface area contributed by atoms with Gasteiger partial charge in [-0.2, -0.15) is 0 Å². The molecule has 2 saturated carbocycles. The number of hydrogen-bond acceptors (Lipinski definition) is 5. The highest BCUT2D eigenvalue weighted by atomic mass is 32.2. The normalized spacial score (nSPS) is 19.8. The van der Waals surface area contributed by atoms with Crippen LogP contribution >= 0.6 is 0 Å². The number of anilines is 2. The number of rotatable bonds is 6. The van der Waals surface area contributed by atoms with Gasteiger partial charge in [-0.1, -0.05) is 12.1 Å². The van der Waals surface area contributed by atoms with E-state index in [1.807, 2.05) is 35.2 Å². The number of nitrogens with zero attached hydrogens (tertiary/aromatic N) is 2. The van der Waals surface area contributed by atoms with Crippen LogP contribution in [0.15, 0.2) is 42.5 Å². The number of amides is 1. The predicted octanol–water partition coefficient (Wildman–Crippen LogP) is 4.38. The SMILES string of the molecule is CC1(S(=O)(=O)Nc2ccc(-c3c(N)c4ccc(C(=O)N5CCOCC5)cc4n3C3CCC3)cc2)CC1. The minimum atomic E-state index is -3.41. The van der Waals surface area contributed by atoms with E-state index in [4.69, 9.17) is 10.5 Å². The number of ether oxygens (including phenoxy) is 1. The van der Waals surface area contributed by atoms with Crippen molar-refractivity contribution in [3.63, 3.8) is 0 Å². The fraction of sp³-hybridized carbons (Fsp3) is 0.444. The smallest absolute Gasteiger partial charge is 0.254 e. The molecular weight excluding hydrogens is 476 g/mol. The third-order valence-electron chi connectivity index (χ3n) is 8.04. The number of aromatic nitrogens is 1. The largest absolute Gasteiger partial charge is 0.396 e. The molecule has 2 aromatic carbocycles. The quantitative estimate of drug-likeness (QED) is 0.514. The van der Waals surface area contributed by atoms with E-state index in [2.05, 4.69) is 9.29 Å². The van der Waals surface area contributed by atoms with Crippen LogP contribution in [0.5, 0.6) is 0 Å². The van der Waals surface area contributed by atoms with Crippen molar-refractivity contribution in [3.05, 3.63) is 48.0 Å². The lowest BCUT2D eigenvalue weighted by Crippen LogP contribution is -2.40. The molecule has 2 aliphatic carbocycles. The lowest BCUT2D eigenvalue weighted by molar-refractivity contribution is 0.0303. The molecule has 0 bridgehead atoms. The molecule has 36 heavy (non-hydrogen) atoms. The minimum Gasteiger partial charge on any atom is -0.396 e. The predicted molar refractivity (Wildman–Crippen MR) is 142 cm³/mol. The summed E-state index contributed by atoms with van der Waals surface area (Å²) in [6, 6.07) is 13.6. The van der Waals surface area contributed by atoms with Crippen LogP contribution in [-0.4, -0.2) is 54.8 Å². The van der Waals surface area contributed by atoms with Gasteiger partial charge in [0.25, 0.3) is 5.91 Å². The van der Waals surface area contributed by atoms with E-state index in [9.17, 15) is 13.2 Å². The number of morpholine rings is 1. The number of nitrogen functional groups attached to an aromatic ring is 1. The number of benzene rings is 2. The highest BCUT2D eigenvalue weighted by Gasteiger charge is 2.50. The Labute approximate surface area is 211 Å². The van der Waals surface area contributed by atoms with Gasteiger partial charge in [-0.05, 0) is 69.4 Å². The number of sulfonamides is 1. The third kappa shape index (κ3) is 3.85. The van der Waals surface area contributed by atoms with Crippen molar-refractivity contribution in [1.29, 1.82) is 0 Å². The van der Waals surface area contributed by atoms with E-state index in [1.165, 1.54) is 0 Å². The van der Waals surface area contributed by atoms with Crippen LogP contribution in [0.4, 0.5) is 11.4 Å². The molecule has 1 aromatic heterocycles. The number of carbonyl (C=O) groups excluding carboxylic acids is 1. The molecular formula is C27H32N4O4S. The van der Waals surface area contributed by atoms with Gasteiger partial charge in [-0.25, -0.2) is 8.42 Å². The molecule has 1 saturated heterocycles. The summed E-state index contributed by atoms with van der Waals surface area (Å²) in [5.74, 6) is 0.0164. The summed E-state index contributed by atoms with van der Waals surface area (Å²) in [7, 11) is -3.41. The van der Waals surface area contributed by atoms with Crippen LogP contribution in [0.3, 0.4) is 0 Å². The zero-order valence-corrected chi connectivity index (χ0v) is 21.3. The van der Waals surface area contributed by atoms with Crippen molar-refractivity contribution in [2.24, 2.45) is 0 Å². The molecule has 9 heteroatoms. The van der Waals surface area contributed by atoms with E-state index in [1.54, 1.807) is 19.1 Å². The van der Waals surface area contributed by atoms with Gasteiger partial charge in [0.05, 0.1) is 34.9 Å². The molecule has 190 valence electrons. The Bertz CT molecular complexity index is 1430. The third-order valence-corrected chi connectivity index (χ3v) is 10.3. The Hall–Kier alpha value is -3.04. The van der Waals surface area contributed by atoms with Crippen LogP contribution in [0.1, 0.15) is 55.4 Å². The molecule has 0 spiro atoms. The van der Waals surface area contributed by atoms with Gasteiger partial charge in [0.1, 0.15) is 0 Å². The molecule has 0 atom stereocenters. The highest BCUT2D eigenvalue weighted by molar-refractivity contribution is 7.94. The summed E-state index contributed by atoms with van der Waals surface area (Å²) >= 11 is 0. The van der Waals surface area contributed by atoms with Crippen molar-refractivity contribution >= 4 is 38.2 Å². The van der Waals surface area contributed by atoms with Crippen molar-refractivity contribution in [1.82, 2.24) is 9.47 Å². The second-order valence-corrected chi connectivity index (χ2v) is 12.7. The standard InChI is InChI=1S/C27H32N4O4S/c1-27(11-12-27)36(33,34)29-20-8-5-18(6-9-20)25-24(28)22-10-7-19(26(32)30-13-15-35-16-14-30)17-23(22)31(25)21-3-2-4-21/h5-10,17,21,29H,2-4,11-16,28H2,1H3. The van der Waals surface area contributed by atoms with Gasteiger partial charge >= 0.3 is 0 Å². The van der Waals surface area contributed by atoms with Crippen molar-refractivity contribution in [3.8, 4) is 11.3 Å². The molecule has 8 nitrogen and oxygen atoms in total. The van der Waals surface area contributed by atoms with Crippen LogP contribution in [0.2, 0.25) is 0 Å². The molecule has 0 radical (unpaired) electrons. The van der Waals surface area contributed by atoms with Crippen LogP contribution in [-0.2, 0) is 14.8 Å². The Morgan fingerprint density at radius 3 is 2.39 bits per heavy atom. The Kier molecular flexibility index (Phi) is 5.53. The summed E-state index contributed by atoms with van der Waals surface area (Å²) in [5.41, 5.74) is 11.4. The van der Waals surface area contributed by atoms with Crippen molar-refractivity contribution in [2.75, 3.05) is 36.8 Å². The maximum Gasteiger partial charge on any atom is 0.254 e. The zero-order valence-electron chi connectivity index (χ0n) is 20.5. The molecule has 3 N–H and O–H groups in total. The first-order valence-corrected chi connectivity index (χ1v) is 14.2. The van der Waals surface area contributed by atoms with Crippen molar-refractivity contribution in [2.45, 2.75) is 49.8 Å². The zero-order chi connectivity index (χ0) is 25.1.